The number of carbonyl (C=O) groups excluding carboxylic acids is 1. The minimum Gasteiger partial charge on any atom is -0.459 e. The number of rotatable bonds is 5. The Morgan fingerprint density at radius 3 is 2.47 bits per heavy atom. The fraction of sp³-hybridized carbons (Fsp3) is 0.909. The fourth-order valence-electron chi connectivity index (χ4n) is 1.54. The first-order valence-corrected chi connectivity index (χ1v) is 5.58. The quantitative estimate of drug-likeness (QED) is 0.686. The first-order chi connectivity index (χ1) is 6.92. The van der Waals surface area contributed by atoms with Crippen molar-refractivity contribution in [3.8, 4) is 0 Å². The van der Waals surface area contributed by atoms with Crippen molar-refractivity contribution >= 4 is 5.97 Å². The van der Waals surface area contributed by atoms with E-state index in [9.17, 15) is 4.79 Å². The molecule has 1 aliphatic carbocycles. The molecule has 1 saturated carbocycles. The zero-order valence-corrected chi connectivity index (χ0v) is 9.95. The Balaban J connectivity index is 2.33. The monoisotopic (exact) mass is 214 g/mol. The number of hydrogen-bond donors (Lipinski definition) is 1. The summed E-state index contributed by atoms with van der Waals surface area (Å²) in [6.07, 6.45) is 2.37. The van der Waals surface area contributed by atoms with Gasteiger partial charge in [0.25, 0.3) is 0 Å². The first-order valence-electron chi connectivity index (χ1n) is 5.58. The summed E-state index contributed by atoms with van der Waals surface area (Å²) in [5.74, 6) is -0.150. The molecular formula is C11H22N2O2. The molecule has 1 rings (SSSR count). The highest BCUT2D eigenvalue weighted by molar-refractivity contribution is 5.72. The number of ether oxygens (including phenoxy) is 1. The molecule has 2 N–H and O–H groups in total. The molecule has 0 aromatic heterocycles. The Bertz CT molecular complexity index is 219. The van der Waals surface area contributed by atoms with Gasteiger partial charge >= 0.3 is 5.97 Å². The number of esters is 1. The van der Waals surface area contributed by atoms with E-state index < -0.39 is 5.60 Å². The summed E-state index contributed by atoms with van der Waals surface area (Å²) in [5, 5.41) is 0. The molecule has 0 spiro atoms. The van der Waals surface area contributed by atoms with Crippen LogP contribution in [-0.4, -0.2) is 42.1 Å². The second kappa shape index (κ2) is 4.94. The SMILES string of the molecule is CC(C)(C)OC(=O)CN(CCN)C1CC1. The van der Waals surface area contributed by atoms with Gasteiger partial charge < -0.3 is 10.5 Å². The lowest BCUT2D eigenvalue weighted by molar-refractivity contribution is -0.156. The van der Waals surface area contributed by atoms with Crippen LogP contribution in [0.5, 0.6) is 0 Å². The minimum absolute atomic E-state index is 0.150. The van der Waals surface area contributed by atoms with Crippen LogP contribution >= 0.6 is 0 Å². The van der Waals surface area contributed by atoms with Crippen LogP contribution < -0.4 is 5.73 Å². The van der Waals surface area contributed by atoms with Crippen LogP contribution in [0.15, 0.2) is 0 Å². The van der Waals surface area contributed by atoms with Crippen LogP contribution in [0.2, 0.25) is 0 Å². The van der Waals surface area contributed by atoms with E-state index in [0.717, 1.165) is 6.54 Å². The van der Waals surface area contributed by atoms with Crippen LogP contribution in [0.3, 0.4) is 0 Å². The molecule has 0 saturated heterocycles. The third kappa shape index (κ3) is 5.14. The molecule has 0 aromatic rings. The predicted molar refractivity (Wildman–Crippen MR) is 59.5 cm³/mol. The van der Waals surface area contributed by atoms with Gasteiger partial charge in [-0.25, -0.2) is 0 Å². The molecule has 4 nitrogen and oxygen atoms in total. The lowest BCUT2D eigenvalue weighted by Gasteiger charge is -2.24. The maximum atomic E-state index is 11.6. The Kier molecular flexibility index (Phi) is 4.11. The summed E-state index contributed by atoms with van der Waals surface area (Å²) in [5.41, 5.74) is 5.11. The number of carbonyl (C=O) groups is 1. The van der Waals surface area contributed by atoms with Gasteiger partial charge in [0.05, 0.1) is 6.54 Å². The average Bonchev–Trinajstić information content (AvgIpc) is 2.81. The van der Waals surface area contributed by atoms with Crippen molar-refractivity contribution in [1.29, 1.82) is 0 Å². The van der Waals surface area contributed by atoms with Crippen molar-refractivity contribution in [2.45, 2.75) is 45.3 Å². The van der Waals surface area contributed by atoms with Gasteiger partial charge in [0.2, 0.25) is 0 Å². The summed E-state index contributed by atoms with van der Waals surface area (Å²) >= 11 is 0. The van der Waals surface area contributed by atoms with E-state index in [4.69, 9.17) is 10.5 Å². The third-order valence-electron chi connectivity index (χ3n) is 2.23. The molecule has 0 radical (unpaired) electrons. The Morgan fingerprint density at radius 1 is 1.47 bits per heavy atom. The third-order valence-corrected chi connectivity index (χ3v) is 2.23. The van der Waals surface area contributed by atoms with Crippen LogP contribution in [0.25, 0.3) is 0 Å². The van der Waals surface area contributed by atoms with Crippen molar-refractivity contribution < 1.29 is 9.53 Å². The number of nitrogens with two attached hydrogens (primary N) is 1. The highest BCUT2D eigenvalue weighted by Crippen LogP contribution is 2.26. The van der Waals surface area contributed by atoms with Gasteiger partial charge in [0, 0.05) is 19.1 Å². The molecule has 88 valence electrons. The summed E-state index contributed by atoms with van der Waals surface area (Å²) in [4.78, 5) is 13.7. The topological polar surface area (TPSA) is 55.6 Å². The standard InChI is InChI=1S/C11H22N2O2/c1-11(2,3)15-10(14)8-13(7-6-12)9-4-5-9/h9H,4-8,12H2,1-3H3. The van der Waals surface area contributed by atoms with Crippen molar-refractivity contribution in [1.82, 2.24) is 4.90 Å². The van der Waals surface area contributed by atoms with Crippen LogP contribution in [-0.2, 0) is 9.53 Å². The molecular weight excluding hydrogens is 192 g/mol. The van der Waals surface area contributed by atoms with Gasteiger partial charge in [-0.05, 0) is 33.6 Å². The summed E-state index contributed by atoms with van der Waals surface area (Å²) in [6.45, 7) is 7.40. The van der Waals surface area contributed by atoms with Crippen molar-refractivity contribution in [3.05, 3.63) is 0 Å². The van der Waals surface area contributed by atoms with E-state index in [1.54, 1.807) is 0 Å². The lowest BCUT2D eigenvalue weighted by Crippen LogP contribution is -2.38. The summed E-state index contributed by atoms with van der Waals surface area (Å²) in [6, 6.07) is 0.557. The van der Waals surface area contributed by atoms with Gasteiger partial charge in [-0.1, -0.05) is 0 Å². The van der Waals surface area contributed by atoms with Gasteiger partial charge in [-0.15, -0.1) is 0 Å². The zero-order chi connectivity index (χ0) is 11.5. The van der Waals surface area contributed by atoms with Gasteiger partial charge in [-0.3, -0.25) is 9.69 Å². The van der Waals surface area contributed by atoms with Gasteiger partial charge in [0.15, 0.2) is 0 Å². The van der Waals surface area contributed by atoms with E-state index in [1.807, 2.05) is 20.8 Å². The zero-order valence-electron chi connectivity index (χ0n) is 9.95. The molecule has 1 fully saturated rings. The highest BCUT2D eigenvalue weighted by atomic mass is 16.6. The van der Waals surface area contributed by atoms with Crippen LogP contribution in [0, 0.1) is 0 Å². The lowest BCUT2D eigenvalue weighted by atomic mass is 10.2. The molecule has 0 bridgehead atoms. The summed E-state index contributed by atoms with van der Waals surface area (Å²) in [7, 11) is 0. The molecule has 4 heteroatoms. The second-order valence-electron chi connectivity index (χ2n) is 5.08. The van der Waals surface area contributed by atoms with Gasteiger partial charge in [-0.2, -0.15) is 0 Å². The van der Waals surface area contributed by atoms with E-state index in [-0.39, 0.29) is 5.97 Å². The number of nitrogens with zero attached hydrogens (tertiary/aromatic N) is 1. The van der Waals surface area contributed by atoms with Crippen LogP contribution in [0.4, 0.5) is 0 Å². The van der Waals surface area contributed by atoms with Crippen molar-refractivity contribution in [2.24, 2.45) is 5.73 Å². The minimum atomic E-state index is -0.394. The average molecular weight is 214 g/mol. The first kappa shape index (κ1) is 12.5. The van der Waals surface area contributed by atoms with Crippen molar-refractivity contribution in [3.63, 3.8) is 0 Å². The molecule has 0 amide bonds. The van der Waals surface area contributed by atoms with Gasteiger partial charge in [0.1, 0.15) is 5.60 Å². The largest absolute Gasteiger partial charge is 0.459 e. The Hall–Kier alpha value is -0.610. The van der Waals surface area contributed by atoms with Crippen molar-refractivity contribution in [2.75, 3.05) is 19.6 Å². The van der Waals surface area contributed by atoms with Crippen LogP contribution in [0.1, 0.15) is 33.6 Å². The van der Waals surface area contributed by atoms with E-state index >= 15 is 0 Å². The highest BCUT2D eigenvalue weighted by Gasteiger charge is 2.30. The number of hydrogen-bond acceptors (Lipinski definition) is 4. The Labute approximate surface area is 91.8 Å². The maximum Gasteiger partial charge on any atom is 0.320 e. The molecule has 0 heterocycles. The maximum absolute atomic E-state index is 11.6. The predicted octanol–water partition coefficient (Wildman–Crippen LogP) is 0.751. The van der Waals surface area contributed by atoms with E-state index in [2.05, 4.69) is 4.90 Å². The normalized spacial score (nSPS) is 16.9. The summed E-state index contributed by atoms with van der Waals surface area (Å²) < 4.78 is 5.27. The smallest absolute Gasteiger partial charge is 0.320 e. The van der Waals surface area contributed by atoms with E-state index in [0.29, 0.717) is 19.1 Å². The Morgan fingerprint density at radius 2 is 2.07 bits per heavy atom. The molecule has 0 atom stereocenters. The van der Waals surface area contributed by atoms with E-state index in [1.165, 1.54) is 12.8 Å². The fourth-order valence-corrected chi connectivity index (χ4v) is 1.54. The molecule has 0 unspecified atom stereocenters. The second-order valence-corrected chi connectivity index (χ2v) is 5.08. The molecule has 0 aliphatic heterocycles. The molecule has 0 aromatic carbocycles. The molecule has 1 aliphatic rings. The molecule has 15 heavy (non-hydrogen) atoms.